The predicted molar refractivity (Wildman–Crippen MR) is 90.4 cm³/mol. The molecule has 5 nitrogen and oxygen atoms in total. The van der Waals surface area contributed by atoms with Crippen molar-refractivity contribution in [2.24, 2.45) is 0 Å². The average molecular weight is 328 g/mol. The first-order valence-corrected chi connectivity index (χ1v) is 8.27. The normalized spacial score (nSPS) is 12.0. The van der Waals surface area contributed by atoms with Crippen molar-refractivity contribution in [3.8, 4) is 6.07 Å². The number of hydrogen-bond donors (Lipinski definition) is 0. The molecule has 0 bridgehead atoms. The van der Waals surface area contributed by atoms with Gasteiger partial charge in [0, 0.05) is 24.0 Å². The summed E-state index contributed by atoms with van der Waals surface area (Å²) in [5.74, 6) is 0.210. The van der Waals surface area contributed by atoms with Crippen molar-refractivity contribution < 1.29 is 4.79 Å². The SMILES string of the molecule is Cc1nc(C(C)C)sc1[C@@H](C)N(C)C(=O)c1ccc(C#N)cn1. The van der Waals surface area contributed by atoms with E-state index in [-0.39, 0.29) is 11.9 Å². The molecule has 0 radical (unpaired) electrons. The summed E-state index contributed by atoms with van der Waals surface area (Å²) in [5, 5.41) is 9.88. The highest BCUT2D eigenvalue weighted by molar-refractivity contribution is 7.11. The van der Waals surface area contributed by atoms with Crippen LogP contribution in [0.3, 0.4) is 0 Å². The zero-order chi connectivity index (χ0) is 17.1. The predicted octanol–water partition coefficient (Wildman–Crippen LogP) is 3.67. The first kappa shape index (κ1) is 17.1. The van der Waals surface area contributed by atoms with Gasteiger partial charge in [-0.2, -0.15) is 5.26 Å². The molecule has 1 atom stereocenters. The van der Waals surface area contributed by atoms with Crippen LogP contribution in [0.15, 0.2) is 18.3 Å². The first-order chi connectivity index (χ1) is 10.8. The van der Waals surface area contributed by atoms with Gasteiger partial charge in [-0.25, -0.2) is 9.97 Å². The van der Waals surface area contributed by atoms with E-state index in [0.29, 0.717) is 17.2 Å². The van der Waals surface area contributed by atoms with E-state index < -0.39 is 0 Å². The lowest BCUT2D eigenvalue weighted by Crippen LogP contribution is -2.30. The maximum Gasteiger partial charge on any atom is 0.272 e. The van der Waals surface area contributed by atoms with Crippen LogP contribution >= 0.6 is 11.3 Å². The number of hydrogen-bond acceptors (Lipinski definition) is 5. The molecule has 0 N–H and O–H groups in total. The molecule has 0 fully saturated rings. The maximum atomic E-state index is 12.6. The molecule has 0 aromatic carbocycles. The molecule has 0 unspecified atom stereocenters. The summed E-state index contributed by atoms with van der Waals surface area (Å²) in [6.45, 7) is 8.20. The fourth-order valence-electron chi connectivity index (χ4n) is 2.18. The molecule has 23 heavy (non-hydrogen) atoms. The van der Waals surface area contributed by atoms with Gasteiger partial charge in [0.25, 0.3) is 5.91 Å². The monoisotopic (exact) mass is 328 g/mol. The molecule has 1 amide bonds. The maximum absolute atomic E-state index is 12.6. The van der Waals surface area contributed by atoms with Gasteiger partial charge in [-0.15, -0.1) is 11.3 Å². The number of aryl methyl sites for hydroxylation is 1. The molecule has 0 aliphatic carbocycles. The van der Waals surface area contributed by atoms with Crippen molar-refractivity contribution in [1.82, 2.24) is 14.9 Å². The number of nitrogens with zero attached hydrogens (tertiary/aromatic N) is 4. The number of pyridine rings is 1. The summed E-state index contributed by atoms with van der Waals surface area (Å²) >= 11 is 1.65. The van der Waals surface area contributed by atoms with Gasteiger partial charge in [-0.05, 0) is 26.0 Å². The molecule has 6 heteroatoms. The lowest BCUT2D eigenvalue weighted by molar-refractivity contribution is 0.0738. The van der Waals surface area contributed by atoms with Crippen molar-refractivity contribution >= 4 is 17.2 Å². The number of aromatic nitrogens is 2. The third kappa shape index (κ3) is 3.57. The van der Waals surface area contributed by atoms with E-state index in [2.05, 4.69) is 23.8 Å². The van der Waals surface area contributed by atoms with Gasteiger partial charge < -0.3 is 4.90 Å². The summed E-state index contributed by atoms with van der Waals surface area (Å²) in [5.41, 5.74) is 1.75. The summed E-state index contributed by atoms with van der Waals surface area (Å²) < 4.78 is 0. The summed E-state index contributed by atoms with van der Waals surface area (Å²) in [6.07, 6.45) is 1.42. The van der Waals surface area contributed by atoms with E-state index in [1.165, 1.54) is 6.20 Å². The molecular formula is C17H20N4OS. The van der Waals surface area contributed by atoms with Gasteiger partial charge in [-0.3, -0.25) is 4.79 Å². The number of rotatable bonds is 4. The second-order valence-corrected chi connectivity index (χ2v) is 6.85. The highest BCUT2D eigenvalue weighted by Gasteiger charge is 2.24. The zero-order valence-corrected chi connectivity index (χ0v) is 14.8. The lowest BCUT2D eigenvalue weighted by Gasteiger charge is -2.24. The fraction of sp³-hybridized carbons (Fsp3) is 0.412. The van der Waals surface area contributed by atoms with E-state index in [4.69, 9.17) is 5.26 Å². The highest BCUT2D eigenvalue weighted by atomic mass is 32.1. The van der Waals surface area contributed by atoms with Crippen LogP contribution in [0.5, 0.6) is 0 Å². The number of thiazole rings is 1. The van der Waals surface area contributed by atoms with Crippen molar-refractivity contribution in [3.63, 3.8) is 0 Å². The average Bonchev–Trinajstić information content (AvgIpc) is 2.95. The molecule has 120 valence electrons. The van der Waals surface area contributed by atoms with E-state index in [9.17, 15) is 4.79 Å². The number of carbonyl (C=O) groups is 1. The number of amides is 1. The Morgan fingerprint density at radius 2 is 2.04 bits per heavy atom. The minimum absolute atomic E-state index is 0.0788. The van der Waals surface area contributed by atoms with Crippen LogP contribution in [0.2, 0.25) is 0 Å². The van der Waals surface area contributed by atoms with E-state index >= 15 is 0 Å². The van der Waals surface area contributed by atoms with Crippen molar-refractivity contribution in [2.45, 2.75) is 39.7 Å². The quantitative estimate of drug-likeness (QED) is 0.858. The second kappa shape index (κ2) is 6.88. The van der Waals surface area contributed by atoms with Crippen LogP contribution in [0.25, 0.3) is 0 Å². The summed E-state index contributed by atoms with van der Waals surface area (Å²) in [7, 11) is 1.76. The van der Waals surface area contributed by atoms with E-state index in [1.807, 2.05) is 19.9 Å². The van der Waals surface area contributed by atoms with Gasteiger partial charge in [0.1, 0.15) is 11.8 Å². The Labute approximate surface area is 140 Å². The van der Waals surface area contributed by atoms with Gasteiger partial charge in [0.05, 0.1) is 22.3 Å². The van der Waals surface area contributed by atoms with Crippen LogP contribution < -0.4 is 0 Å². The largest absolute Gasteiger partial charge is 0.333 e. The topological polar surface area (TPSA) is 69.9 Å². The second-order valence-electron chi connectivity index (χ2n) is 5.79. The Kier molecular flexibility index (Phi) is 5.12. The Morgan fingerprint density at radius 1 is 1.35 bits per heavy atom. The van der Waals surface area contributed by atoms with Crippen LogP contribution in [-0.2, 0) is 0 Å². The lowest BCUT2D eigenvalue weighted by atomic mass is 10.2. The smallest absolute Gasteiger partial charge is 0.272 e. The fourth-order valence-corrected chi connectivity index (χ4v) is 3.35. The van der Waals surface area contributed by atoms with Gasteiger partial charge in [0.2, 0.25) is 0 Å². The van der Waals surface area contributed by atoms with Crippen LogP contribution in [0, 0.1) is 18.3 Å². The Morgan fingerprint density at radius 3 is 2.52 bits per heavy atom. The van der Waals surface area contributed by atoms with Crippen molar-refractivity contribution in [2.75, 3.05) is 7.05 Å². The molecule has 0 aliphatic heterocycles. The van der Waals surface area contributed by atoms with Crippen LogP contribution in [-0.4, -0.2) is 27.8 Å². The highest BCUT2D eigenvalue weighted by Crippen LogP contribution is 2.32. The van der Waals surface area contributed by atoms with Crippen molar-refractivity contribution in [1.29, 1.82) is 5.26 Å². The van der Waals surface area contributed by atoms with Gasteiger partial charge in [0.15, 0.2) is 0 Å². The first-order valence-electron chi connectivity index (χ1n) is 7.45. The third-order valence-corrected chi connectivity index (χ3v) is 5.36. The molecule has 2 rings (SSSR count). The Hall–Kier alpha value is -2.26. The standard InChI is InChI=1S/C17H20N4OS/c1-10(2)16-20-11(3)15(23-16)12(4)21(5)17(22)14-7-6-13(8-18)9-19-14/h6-7,9-10,12H,1-5H3/t12-/m1/s1. The third-order valence-electron chi connectivity index (χ3n) is 3.74. The van der Waals surface area contributed by atoms with E-state index in [1.54, 1.807) is 35.4 Å². The summed E-state index contributed by atoms with van der Waals surface area (Å²) in [6, 6.07) is 5.11. The molecular weight excluding hydrogens is 308 g/mol. The molecule has 0 aliphatic rings. The van der Waals surface area contributed by atoms with Crippen LogP contribution in [0.1, 0.15) is 64.4 Å². The molecule has 0 spiro atoms. The Balaban J connectivity index is 2.23. The summed E-state index contributed by atoms with van der Waals surface area (Å²) in [4.78, 5) is 24.0. The minimum atomic E-state index is -0.166. The molecule has 2 aromatic heterocycles. The molecule has 2 heterocycles. The van der Waals surface area contributed by atoms with Crippen LogP contribution in [0.4, 0.5) is 0 Å². The number of nitriles is 1. The van der Waals surface area contributed by atoms with E-state index in [0.717, 1.165) is 15.6 Å². The number of carbonyl (C=O) groups excluding carboxylic acids is 1. The molecule has 0 saturated heterocycles. The molecule has 0 saturated carbocycles. The van der Waals surface area contributed by atoms with Gasteiger partial charge in [-0.1, -0.05) is 13.8 Å². The minimum Gasteiger partial charge on any atom is -0.333 e. The van der Waals surface area contributed by atoms with Crippen molar-refractivity contribution in [3.05, 3.63) is 45.2 Å². The Bertz CT molecular complexity index is 743. The molecule has 2 aromatic rings. The zero-order valence-electron chi connectivity index (χ0n) is 14.0. The van der Waals surface area contributed by atoms with Gasteiger partial charge >= 0.3 is 0 Å².